The van der Waals surface area contributed by atoms with Crippen LogP contribution in [0, 0.1) is 0 Å². The quantitative estimate of drug-likeness (QED) is 0.144. The Balaban J connectivity index is 1.62. The number of aryl methyl sites for hydroxylation is 1. The zero-order chi connectivity index (χ0) is 22.2. The van der Waals surface area contributed by atoms with Crippen LogP contribution in [-0.2, 0) is 6.42 Å². The summed E-state index contributed by atoms with van der Waals surface area (Å²) < 4.78 is 5.35. The fraction of sp³-hybridized carbons (Fsp3) is 0.231. The van der Waals surface area contributed by atoms with Crippen LogP contribution in [0.3, 0.4) is 0 Å². The van der Waals surface area contributed by atoms with Gasteiger partial charge in [0.05, 0.1) is 16.1 Å². The SMILES string of the molecule is CCCCCCc1ccc(-c2ccc(C(=O)Oc3ccc(C(=O)Cl)c(Cl)c3)cc2)cc1. The smallest absolute Gasteiger partial charge is 0.343 e. The molecule has 3 nitrogen and oxygen atoms in total. The Kier molecular flexibility index (Phi) is 8.27. The minimum Gasteiger partial charge on any atom is -0.423 e. The van der Waals surface area contributed by atoms with E-state index in [1.165, 1.54) is 49.4 Å². The van der Waals surface area contributed by atoms with Gasteiger partial charge in [-0.25, -0.2) is 4.79 Å². The number of halogens is 2. The van der Waals surface area contributed by atoms with Crippen LogP contribution in [0.25, 0.3) is 11.1 Å². The van der Waals surface area contributed by atoms with E-state index in [0.717, 1.165) is 17.5 Å². The van der Waals surface area contributed by atoms with Crippen molar-refractivity contribution in [2.24, 2.45) is 0 Å². The van der Waals surface area contributed by atoms with Crippen LogP contribution < -0.4 is 4.74 Å². The lowest BCUT2D eigenvalue weighted by molar-refractivity contribution is 0.0735. The first-order valence-electron chi connectivity index (χ1n) is 10.4. The molecule has 0 heterocycles. The maximum atomic E-state index is 12.4. The first kappa shape index (κ1) is 23.1. The first-order chi connectivity index (χ1) is 15.0. The summed E-state index contributed by atoms with van der Waals surface area (Å²) in [6, 6.07) is 20.1. The van der Waals surface area contributed by atoms with Crippen LogP contribution in [-0.4, -0.2) is 11.2 Å². The second-order valence-corrected chi connectivity index (χ2v) is 8.14. The highest BCUT2D eigenvalue weighted by atomic mass is 35.5. The van der Waals surface area contributed by atoms with Gasteiger partial charge in [-0.05, 0) is 65.4 Å². The fourth-order valence-corrected chi connectivity index (χ4v) is 3.77. The minimum atomic E-state index is -0.664. The molecule has 0 N–H and O–H groups in total. The van der Waals surface area contributed by atoms with Gasteiger partial charge in [0, 0.05) is 6.07 Å². The van der Waals surface area contributed by atoms with E-state index in [4.69, 9.17) is 27.9 Å². The average Bonchev–Trinajstić information content (AvgIpc) is 2.77. The van der Waals surface area contributed by atoms with E-state index in [-0.39, 0.29) is 16.3 Å². The van der Waals surface area contributed by atoms with Gasteiger partial charge in [-0.2, -0.15) is 0 Å². The second-order valence-electron chi connectivity index (χ2n) is 7.39. The maximum absolute atomic E-state index is 12.4. The van der Waals surface area contributed by atoms with Gasteiger partial charge in [0.25, 0.3) is 5.24 Å². The number of rotatable bonds is 9. The van der Waals surface area contributed by atoms with E-state index >= 15 is 0 Å². The summed E-state index contributed by atoms with van der Waals surface area (Å²) in [6.07, 6.45) is 6.14. The molecule has 0 radical (unpaired) electrons. The van der Waals surface area contributed by atoms with E-state index < -0.39 is 11.2 Å². The molecule has 0 saturated carbocycles. The molecule has 160 valence electrons. The second kappa shape index (κ2) is 11.1. The predicted octanol–water partition coefficient (Wildman–Crippen LogP) is 7.73. The molecule has 0 saturated heterocycles. The monoisotopic (exact) mass is 454 g/mol. The van der Waals surface area contributed by atoms with Gasteiger partial charge in [-0.3, -0.25) is 4.79 Å². The molecular formula is C26H24Cl2O3. The number of hydrogen-bond acceptors (Lipinski definition) is 3. The van der Waals surface area contributed by atoms with E-state index in [9.17, 15) is 9.59 Å². The number of carbonyl (C=O) groups excluding carboxylic acids is 2. The van der Waals surface area contributed by atoms with E-state index in [1.54, 1.807) is 12.1 Å². The molecule has 3 aromatic rings. The van der Waals surface area contributed by atoms with Gasteiger partial charge < -0.3 is 4.74 Å². The summed E-state index contributed by atoms with van der Waals surface area (Å²) in [5, 5.41) is -0.530. The van der Waals surface area contributed by atoms with Gasteiger partial charge in [0.2, 0.25) is 0 Å². The van der Waals surface area contributed by atoms with Crippen LogP contribution in [0.2, 0.25) is 5.02 Å². The molecule has 3 rings (SSSR count). The van der Waals surface area contributed by atoms with Crippen LogP contribution >= 0.6 is 23.2 Å². The highest BCUT2D eigenvalue weighted by Crippen LogP contribution is 2.25. The number of ether oxygens (including phenoxy) is 1. The molecule has 0 unspecified atom stereocenters. The lowest BCUT2D eigenvalue weighted by Crippen LogP contribution is -2.08. The normalized spacial score (nSPS) is 10.7. The lowest BCUT2D eigenvalue weighted by atomic mass is 10.0. The number of unbranched alkanes of at least 4 members (excludes halogenated alkanes) is 3. The molecular weight excluding hydrogens is 431 g/mol. The van der Waals surface area contributed by atoms with Gasteiger partial charge in [0.1, 0.15) is 5.75 Å². The lowest BCUT2D eigenvalue weighted by Gasteiger charge is -2.08. The Labute approximate surface area is 193 Å². The molecule has 0 bridgehead atoms. The van der Waals surface area contributed by atoms with Gasteiger partial charge in [0.15, 0.2) is 0 Å². The summed E-state index contributed by atoms with van der Waals surface area (Å²) in [5.41, 5.74) is 4.07. The number of hydrogen-bond donors (Lipinski definition) is 0. The highest BCUT2D eigenvalue weighted by molar-refractivity contribution is 6.68. The average molecular weight is 455 g/mol. The number of benzene rings is 3. The molecule has 0 spiro atoms. The number of esters is 1. The summed E-state index contributed by atoms with van der Waals surface area (Å²) in [4.78, 5) is 23.7. The number of carbonyl (C=O) groups is 2. The Hall–Kier alpha value is -2.62. The Morgan fingerprint density at radius 1 is 0.839 bits per heavy atom. The Morgan fingerprint density at radius 2 is 1.48 bits per heavy atom. The van der Waals surface area contributed by atoms with E-state index in [2.05, 4.69) is 31.2 Å². The minimum absolute atomic E-state index is 0.134. The van der Waals surface area contributed by atoms with Crippen molar-refractivity contribution < 1.29 is 14.3 Å². The van der Waals surface area contributed by atoms with Crippen molar-refractivity contribution in [2.75, 3.05) is 0 Å². The van der Waals surface area contributed by atoms with E-state index in [0.29, 0.717) is 5.56 Å². The van der Waals surface area contributed by atoms with Crippen LogP contribution in [0.1, 0.15) is 58.9 Å². The van der Waals surface area contributed by atoms with Gasteiger partial charge in [-0.15, -0.1) is 0 Å². The van der Waals surface area contributed by atoms with Gasteiger partial charge in [-0.1, -0.05) is 74.2 Å². The van der Waals surface area contributed by atoms with Crippen molar-refractivity contribution >= 4 is 34.4 Å². The van der Waals surface area contributed by atoms with Crippen LogP contribution in [0.15, 0.2) is 66.7 Å². The summed E-state index contributed by atoms with van der Waals surface area (Å²) in [5.74, 6) is -0.259. The summed E-state index contributed by atoms with van der Waals surface area (Å²) in [7, 11) is 0. The molecule has 31 heavy (non-hydrogen) atoms. The Morgan fingerprint density at radius 3 is 2.06 bits per heavy atom. The largest absolute Gasteiger partial charge is 0.423 e. The molecule has 0 aromatic heterocycles. The van der Waals surface area contributed by atoms with E-state index in [1.807, 2.05) is 12.1 Å². The summed E-state index contributed by atoms with van der Waals surface area (Å²) >= 11 is 11.4. The molecule has 0 atom stereocenters. The zero-order valence-corrected chi connectivity index (χ0v) is 18.9. The van der Waals surface area contributed by atoms with Crippen molar-refractivity contribution in [3.63, 3.8) is 0 Å². The third-order valence-electron chi connectivity index (χ3n) is 5.09. The molecule has 5 heteroatoms. The van der Waals surface area contributed by atoms with Crippen LogP contribution in [0.4, 0.5) is 0 Å². The Bertz CT molecular complexity index is 1040. The standard InChI is InChI=1S/C26H24Cl2O3/c1-2-3-4-5-6-18-7-9-19(10-8-18)20-11-13-21(14-12-20)26(30)31-22-15-16-23(25(28)29)24(27)17-22/h7-17H,2-6H2,1H3. The van der Waals surface area contributed by atoms with Crippen molar-refractivity contribution in [2.45, 2.75) is 39.0 Å². The first-order valence-corrected chi connectivity index (χ1v) is 11.1. The van der Waals surface area contributed by atoms with Crippen molar-refractivity contribution in [1.29, 1.82) is 0 Å². The highest BCUT2D eigenvalue weighted by Gasteiger charge is 2.13. The molecule has 0 amide bonds. The maximum Gasteiger partial charge on any atom is 0.343 e. The van der Waals surface area contributed by atoms with Crippen molar-refractivity contribution in [1.82, 2.24) is 0 Å². The van der Waals surface area contributed by atoms with Crippen molar-refractivity contribution in [3.05, 3.63) is 88.4 Å². The predicted molar refractivity (Wildman–Crippen MR) is 126 cm³/mol. The summed E-state index contributed by atoms with van der Waals surface area (Å²) in [6.45, 7) is 2.22. The zero-order valence-electron chi connectivity index (χ0n) is 17.4. The molecule has 0 aliphatic rings. The fourth-order valence-electron chi connectivity index (χ4n) is 3.30. The van der Waals surface area contributed by atoms with Gasteiger partial charge >= 0.3 is 5.97 Å². The molecule has 3 aromatic carbocycles. The van der Waals surface area contributed by atoms with Crippen LogP contribution in [0.5, 0.6) is 5.75 Å². The third-order valence-corrected chi connectivity index (χ3v) is 5.61. The van der Waals surface area contributed by atoms with Crippen molar-refractivity contribution in [3.8, 4) is 16.9 Å². The topological polar surface area (TPSA) is 43.4 Å². The third kappa shape index (κ3) is 6.43. The molecule has 0 aliphatic heterocycles. The molecule has 0 aliphatic carbocycles. The molecule has 0 fully saturated rings.